The Hall–Kier alpha value is -3.67. The number of carbonyl (C=O) groups excluding carboxylic acids is 1. The molecule has 0 aliphatic rings. The van der Waals surface area contributed by atoms with Crippen molar-refractivity contribution >= 4 is 11.9 Å². The van der Waals surface area contributed by atoms with Gasteiger partial charge in [0.1, 0.15) is 5.82 Å². The monoisotopic (exact) mass is 413 g/mol. The Morgan fingerprint density at radius 1 is 1.00 bits per heavy atom. The number of nitrogens with one attached hydrogen (secondary N) is 1. The molecule has 4 rings (SSSR count). The lowest BCUT2D eigenvalue weighted by Crippen LogP contribution is -2.15. The molecule has 0 radical (unpaired) electrons. The van der Waals surface area contributed by atoms with E-state index in [0.717, 1.165) is 22.6 Å². The maximum Gasteiger partial charge on any atom is 0.257 e. The van der Waals surface area contributed by atoms with Crippen molar-refractivity contribution in [1.82, 2.24) is 19.1 Å². The van der Waals surface area contributed by atoms with Crippen LogP contribution in [0.25, 0.3) is 11.3 Å². The highest BCUT2D eigenvalue weighted by atomic mass is 16.1. The number of benzene rings is 2. The molecular formula is C25H27N5O. The molecule has 0 bridgehead atoms. The average Bonchev–Trinajstić information content (AvgIpc) is 3.31. The van der Waals surface area contributed by atoms with Gasteiger partial charge in [-0.2, -0.15) is 0 Å². The molecule has 1 amide bonds. The van der Waals surface area contributed by atoms with Crippen LogP contribution in [0.5, 0.6) is 0 Å². The summed E-state index contributed by atoms with van der Waals surface area (Å²) in [7, 11) is 3.89. The molecule has 0 atom stereocenters. The fourth-order valence-electron chi connectivity index (χ4n) is 3.76. The minimum absolute atomic E-state index is 0.182. The second kappa shape index (κ2) is 8.22. The smallest absolute Gasteiger partial charge is 0.257 e. The Kier molecular flexibility index (Phi) is 5.46. The number of hydrogen-bond acceptors (Lipinski definition) is 3. The summed E-state index contributed by atoms with van der Waals surface area (Å²) in [6.07, 6.45) is 6.18. The van der Waals surface area contributed by atoms with Crippen LogP contribution in [0.4, 0.5) is 5.95 Å². The largest absolute Gasteiger partial charge is 0.338 e. The van der Waals surface area contributed by atoms with E-state index < -0.39 is 0 Å². The molecule has 0 spiro atoms. The normalized spacial score (nSPS) is 11.0. The first-order chi connectivity index (χ1) is 14.8. The minimum Gasteiger partial charge on any atom is -0.338 e. The summed E-state index contributed by atoms with van der Waals surface area (Å²) in [5, 5.41) is 2.95. The molecule has 0 unspecified atom stereocenters. The second-order valence-electron chi connectivity index (χ2n) is 8.06. The SMILES string of the molecule is Cc1cc(C)c(-c2cnc(NC(=O)c3cccc(Cc4nccn4C)c3)n2C)cc1C. The first-order valence-electron chi connectivity index (χ1n) is 10.3. The third kappa shape index (κ3) is 4.14. The molecule has 0 aliphatic heterocycles. The van der Waals surface area contributed by atoms with E-state index in [-0.39, 0.29) is 5.91 Å². The van der Waals surface area contributed by atoms with E-state index in [1.54, 1.807) is 6.20 Å². The Bertz CT molecular complexity index is 1260. The van der Waals surface area contributed by atoms with Crippen LogP contribution >= 0.6 is 0 Å². The standard InChI is InChI=1S/C25H27N5O/c1-16-11-18(3)21(12-17(16)2)22-15-27-25(30(22)5)28-24(31)20-8-6-7-19(13-20)14-23-26-9-10-29(23)4/h6-13,15H,14H2,1-5H3,(H,27,28,31). The number of rotatable bonds is 5. The molecule has 2 heterocycles. The lowest BCUT2D eigenvalue weighted by molar-refractivity contribution is 0.102. The Labute approximate surface area is 182 Å². The van der Waals surface area contributed by atoms with Gasteiger partial charge in [-0.15, -0.1) is 0 Å². The zero-order valence-electron chi connectivity index (χ0n) is 18.6. The number of aryl methyl sites for hydroxylation is 4. The van der Waals surface area contributed by atoms with Crippen LogP contribution in [0.15, 0.2) is 55.0 Å². The van der Waals surface area contributed by atoms with Gasteiger partial charge in [-0.05, 0) is 61.2 Å². The fraction of sp³-hybridized carbons (Fsp3) is 0.240. The summed E-state index contributed by atoms with van der Waals surface area (Å²) in [5.41, 5.74) is 7.41. The number of hydrogen-bond donors (Lipinski definition) is 1. The highest BCUT2D eigenvalue weighted by Gasteiger charge is 2.15. The summed E-state index contributed by atoms with van der Waals surface area (Å²) < 4.78 is 3.91. The molecule has 0 saturated heterocycles. The van der Waals surface area contributed by atoms with Crippen molar-refractivity contribution in [3.8, 4) is 11.3 Å². The van der Waals surface area contributed by atoms with Crippen LogP contribution in [-0.4, -0.2) is 25.0 Å². The van der Waals surface area contributed by atoms with Crippen molar-refractivity contribution in [2.75, 3.05) is 5.32 Å². The van der Waals surface area contributed by atoms with Gasteiger partial charge in [0, 0.05) is 44.0 Å². The second-order valence-corrected chi connectivity index (χ2v) is 8.06. The number of nitrogens with zero attached hydrogens (tertiary/aromatic N) is 4. The summed E-state index contributed by atoms with van der Waals surface area (Å²) in [4.78, 5) is 21.7. The molecule has 6 nitrogen and oxygen atoms in total. The highest BCUT2D eigenvalue weighted by molar-refractivity contribution is 6.03. The van der Waals surface area contributed by atoms with Gasteiger partial charge < -0.3 is 9.13 Å². The van der Waals surface area contributed by atoms with Crippen LogP contribution in [0.3, 0.4) is 0 Å². The fourth-order valence-corrected chi connectivity index (χ4v) is 3.76. The van der Waals surface area contributed by atoms with E-state index in [1.807, 2.05) is 59.9 Å². The summed E-state index contributed by atoms with van der Waals surface area (Å²) >= 11 is 0. The van der Waals surface area contributed by atoms with Gasteiger partial charge in [-0.3, -0.25) is 10.1 Å². The van der Waals surface area contributed by atoms with Gasteiger partial charge in [0.2, 0.25) is 5.95 Å². The lowest BCUT2D eigenvalue weighted by atomic mass is 9.99. The van der Waals surface area contributed by atoms with E-state index in [2.05, 4.69) is 48.2 Å². The number of carbonyl (C=O) groups is 1. The van der Waals surface area contributed by atoms with Crippen molar-refractivity contribution < 1.29 is 4.79 Å². The topological polar surface area (TPSA) is 64.7 Å². The molecule has 31 heavy (non-hydrogen) atoms. The summed E-state index contributed by atoms with van der Waals surface area (Å²) in [6, 6.07) is 12.0. The predicted octanol–water partition coefficient (Wildman–Crippen LogP) is 4.59. The zero-order chi connectivity index (χ0) is 22.1. The molecule has 4 aromatic rings. The molecule has 2 aromatic carbocycles. The third-order valence-electron chi connectivity index (χ3n) is 5.80. The number of anilines is 1. The zero-order valence-corrected chi connectivity index (χ0v) is 18.6. The first kappa shape index (κ1) is 20.6. The maximum atomic E-state index is 12.9. The van der Waals surface area contributed by atoms with Crippen LogP contribution < -0.4 is 5.32 Å². The van der Waals surface area contributed by atoms with Crippen LogP contribution in [0, 0.1) is 20.8 Å². The van der Waals surface area contributed by atoms with Crippen molar-refractivity contribution in [3.63, 3.8) is 0 Å². The van der Waals surface area contributed by atoms with Gasteiger partial charge in [-0.1, -0.05) is 18.2 Å². The Balaban J connectivity index is 1.56. The number of amides is 1. The summed E-state index contributed by atoms with van der Waals surface area (Å²) in [5.74, 6) is 1.29. The van der Waals surface area contributed by atoms with Crippen molar-refractivity contribution in [3.05, 3.63) is 88.6 Å². The van der Waals surface area contributed by atoms with Crippen LogP contribution in [0.2, 0.25) is 0 Å². The van der Waals surface area contributed by atoms with Gasteiger partial charge in [0.05, 0.1) is 11.9 Å². The molecule has 0 saturated carbocycles. The van der Waals surface area contributed by atoms with Gasteiger partial charge in [0.15, 0.2) is 0 Å². The van der Waals surface area contributed by atoms with E-state index in [4.69, 9.17) is 0 Å². The number of imidazole rings is 2. The van der Waals surface area contributed by atoms with Gasteiger partial charge in [-0.25, -0.2) is 9.97 Å². The van der Waals surface area contributed by atoms with Gasteiger partial charge in [0.25, 0.3) is 5.91 Å². The quantitative estimate of drug-likeness (QED) is 0.520. The molecule has 0 fully saturated rings. The van der Waals surface area contributed by atoms with Crippen molar-refractivity contribution in [2.24, 2.45) is 14.1 Å². The molecule has 158 valence electrons. The van der Waals surface area contributed by atoms with E-state index in [1.165, 1.54) is 16.7 Å². The first-order valence-corrected chi connectivity index (χ1v) is 10.3. The maximum absolute atomic E-state index is 12.9. The van der Waals surface area contributed by atoms with Crippen LogP contribution in [-0.2, 0) is 20.5 Å². The minimum atomic E-state index is -0.182. The Morgan fingerprint density at radius 3 is 2.52 bits per heavy atom. The van der Waals surface area contributed by atoms with Crippen LogP contribution in [0.1, 0.15) is 38.4 Å². The predicted molar refractivity (Wildman–Crippen MR) is 123 cm³/mol. The molecule has 0 aliphatic carbocycles. The average molecular weight is 414 g/mol. The third-order valence-corrected chi connectivity index (χ3v) is 5.80. The highest BCUT2D eigenvalue weighted by Crippen LogP contribution is 2.28. The Morgan fingerprint density at radius 2 is 1.77 bits per heavy atom. The van der Waals surface area contributed by atoms with Crippen molar-refractivity contribution in [1.29, 1.82) is 0 Å². The van der Waals surface area contributed by atoms with Crippen molar-refractivity contribution in [2.45, 2.75) is 27.2 Å². The van der Waals surface area contributed by atoms with Gasteiger partial charge >= 0.3 is 0 Å². The van der Waals surface area contributed by atoms with E-state index in [9.17, 15) is 4.79 Å². The summed E-state index contributed by atoms with van der Waals surface area (Å²) in [6.45, 7) is 6.32. The molecular weight excluding hydrogens is 386 g/mol. The molecule has 1 N–H and O–H groups in total. The molecule has 6 heteroatoms. The van der Waals surface area contributed by atoms with E-state index >= 15 is 0 Å². The number of aromatic nitrogens is 4. The molecule has 2 aromatic heterocycles. The van der Waals surface area contributed by atoms with E-state index in [0.29, 0.717) is 17.9 Å². The lowest BCUT2D eigenvalue weighted by Gasteiger charge is -2.12.